The standard InChI is InChI=1S/C21H31FN4O3/c1-14-6-9-23-20(27)19(14)24-21(28)25(2)13-15-12-16(22)4-5-18(15)26-10-7-17(29-3)8-11-26/h4-5,12,14,17,19H,6-11,13H2,1-3H3,(H,23,27)(H,24,28). The van der Waals surface area contributed by atoms with Gasteiger partial charge in [0, 0.05) is 46.0 Å². The number of hydrogen-bond donors (Lipinski definition) is 2. The number of rotatable bonds is 5. The van der Waals surface area contributed by atoms with Gasteiger partial charge < -0.3 is 25.2 Å². The minimum Gasteiger partial charge on any atom is -0.381 e. The molecule has 7 nitrogen and oxygen atoms in total. The zero-order valence-corrected chi connectivity index (χ0v) is 17.4. The SMILES string of the molecule is COC1CCN(c2ccc(F)cc2CN(C)C(=O)NC2C(=O)NCCC2C)CC1. The number of amides is 3. The second kappa shape index (κ2) is 9.43. The molecule has 0 aromatic heterocycles. The largest absolute Gasteiger partial charge is 0.381 e. The highest BCUT2D eigenvalue weighted by Gasteiger charge is 2.31. The number of ether oxygens (including phenoxy) is 1. The summed E-state index contributed by atoms with van der Waals surface area (Å²) < 4.78 is 19.4. The van der Waals surface area contributed by atoms with Crippen LogP contribution in [0.15, 0.2) is 18.2 Å². The minimum atomic E-state index is -0.543. The number of piperidine rings is 2. The maximum atomic E-state index is 13.9. The summed E-state index contributed by atoms with van der Waals surface area (Å²) in [5.74, 6) is -0.407. The summed E-state index contributed by atoms with van der Waals surface area (Å²) in [4.78, 5) is 28.4. The number of urea groups is 1. The van der Waals surface area contributed by atoms with Crippen LogP contribution in [0.5, 0.6) is 0 Å². The van der Waals surface area contributed by atoms with Gasteiger partial charge in [0.1, 0.15) is 11.9 Å². The van der Waals surface area contributed by atoms with Gasteiger partial charge in [0.15, 0.2) is 0 Å². The van der Waals surface area contributed by atoms with Crippen LogP contribution in [-0.4, -0.2) is 62.8 Å². The van der Waals surface area contributed by atoms with Crippen molar-refractivity contribution in [3.63, 3.8) is 0 Å². The van der Waals surface area contributed by atoms with Crippen molar-refractivity contribution in [2.45, 2.75) is 44.9 Å². The van der Waals surface area contributed by atoms with Gasteiger partial charge >= 0.3 is 6.03 Å². The van der Waals surface area contributed by atoms with Gasteiger partial charge in [-0.15, -0.1) is 0 Å². The first-order chi connectivity index (χ1) is 13.9. The van der Waals surface area contributed by atoms with Crippen LogP contribution in [0.3, 0.4) is 0 Å². The van der Waals surface area contributed by atoms with Crippen LogP contribution in [0, 0.1) is 11.7 Å². The maximum absolute atomic E-state index is 13.9. The number of benzene rings is 1. The molecule has 2 heterocycles. The lowest BCUT2D eigenvalue weighted by Gasteiger charge is -2.35. The summed E-state index contributed by atoms with van der Waals surface area (Å²) in [5, 5.41) is 5.60. The molecule has 2 saturated heterocycles. The molecule has 0 aliphatic carbocycles. The lowest BCUT2D eigenvalue weighted by atomic mass is 9.94. The quantitative estimate of drug-likeness (QED) is 0.786. The van der Waals surface area contributed by atoms with Gasteiger partial charge in [-0.1, -0.05) is 6.92 Å². The summed E-state index contributed by atoms with van der Waals surface area (Å²) in [7, 11) is 3.39. The number of halogens is 1. The third-order valence-electron chi connectivity index (χ3n) is 5.94. The summed E-state index contributed by atoms with van der Waals surface area (Å²) in [6.45, 7) is 4.50. The molecule has 3 rings (SSSR count). The zero-order chi connectivity index (χ0) is 21.0. The molecule has 29 heavy (non-hydrogen) atoms. The molecule has 0 bridgehead atoms. The summed E-state index contributed by atoms with van der Waals surface area (Å²) in [5.41, 5.74) is 1.68. The van der Waals surface area contributed by atoms with Gasteiger partial charge in [0.05, 0.1) is 6.10 Å². The van der Waals surface area contributed by atoms with Crippen LogP contribution in [0.25, 0.3) is 0 Å². The van der Waals surface area contributed by atoms with Gasteiger partial charge in [-0.2, -0.15) is 0 Å². The van der Waals surface area contributed by atoms with Crippen LogP contribution in [-0.2, 0) is 16.1 Å². The zero-order valence-electron chi connectivity index (χ0n) is 17.4. The van der Waals surface area contributed by atoms with Crippen molar-refractivity contribution < 1.29 is 18.7 Å². The van der Waals surface area contributed by atoms with Crippen LogP contribution in [0.4, 0.5) is 14.9 Å². The fraction of sp³-hybridized carbons (Fsp3) is 0.619. The molecule has 0 saturated carbocycles. The van der Waals surface area contributed by atoms with Gasteiger partial charge in [0.2, 0.25) is 5.91 Å². The van der Waals surface area contributed by atoms with Gasteiger partial charge in [-0.3, -0.25) is 4.79 Å². The van der Waals surface area contributed by atoms with Crippen LogP contribution in [0.1, 0.15) is 31.7 Å². The fourth-order valence-electron chi connectivity index (χ4n) is 4.06. The van der Waals surface area contributed by atoms with Crippen LogP contribution in [0.2, 0.25) is 0 Å². The number of nitrogens with zero attached hydrogens (tertiary/aromatic N) is 2. The molecule has 3 amide bonds. The number of methoxy groups -OCH3 is 1. The Balaban J connectivity index is 1.68. The van der Waals surface area contributed by atoms with E-state index in [0.717, 1.165) is 43.6 Å². The molecular weight excluding hydrogens is 375 g/mol. The molecule has 2 N–H and O–H groups in total. The molecule has 2 fully saturated rings. The molecule has 2 aliphatic rings. The van der Waals surface area contributed by atoms with E-state index in [-0.39, 0.29) is 36.3 Å². The molecule has 160 valence electrons. The van der Waals surface area contributed by atoms with Crippen molar-refractivity contribution in [1.82, 2.24) is 15.5 Å². The van der Waals surface area contributed by atoms with E-state index in [0.29, 0.717) is 6.54 Å². The molecule has 1 aromatic carbocycles. The fourth-order valence-corrected chi connectivity index (χ4v) is 4.06. The molecule has 2 atom stereocenters. The Labute approximate surface area is 171 Å². The van der Waals surface area contributed by atoms with Crippen molar-refractivity contribution >= 4 is 17.6 Å². The Morgan fingerprint density at radius 1 is 1.34 bits per heavy atom. The van der Waals surface area contributed by atoms with Gasteiger partial charge in [-0.05, 0) is 48.9 Å². The second-order valence-electron chi connectivity index (χ2n) is 8.04. The summed E-state index contributed by atoms with van der Waals surface area (Å²) in [6, 6.07) is 3.83. The van der Waals surface area contributed by atoms with Crippen molar-refractivity contribution in [3.05, 3.63) is 29.6 Å². The number of nitrogens with one attached hydrogen (secondary N) is 2. The minimum absolute atomic E-state index is 0.0768. The Morgan fingerprint density at radius 2 is 2.07 bits per heavy atom. The second-order valence-corrected chi connectivity index (χ2v) is 8.04. The molecule has 0 radical (unpaired) electrons. The third kappa shape index (κ3) is 5.18. The normalized spacial score (nSPS) is 22.9. The molecular formula is C21H31FN4O3. The molecule has 1 aromatic rings. The Morgan fingerprint density at radius 3 is 2.72 bits per heavy atom. The summed E-state index contributed by atoms with van der Waals surface area (Å²) >= 11 is 0. The topological polar surface area (TPSA) is 73.9 Å². The van der Waals surface area contributed by atoms with E-state index in [1.54, 1.807) is 20.2 Å². The molecule has 0 spiro atoms. The lowest BCUT2D eigenvalue weighted by molar-refractivity contribution is -0.125. The van der Waals surface area contributed by atoms with Crippen LogP contribution < -0.4 is 15.5 Å². The molecule has 8 heteroatoms. The van der Waals surface area contributed by atoms with E-state index in [9.17, 15) is 14.0 Å². The van der Waals surface area contributed by atoms with E-state index >= 15 is 0 Å². The lowest BCUT2D eigenvalue weighted by Crippen LogP contribution is -2.56. The van der Waals surface area contributed by atoms with Crippen molar-refractivity contribution in [2.24, 2.45) is 5.92 Å². The summed E-state index contributed by atoms with van der Waals surface area (Å²) in [6.07, 6.45) is 2.91. The number of hydrogen-bond acceptors (Lipinski definition) is 4. The van der Waals surface area contributed by atoms with E-state index in [1.807, 2.05) is 6.92 Å². The first-order valence-corrected chi connectivity index (χ1v) is 10.2. The average molecular weight is 407 g/mol. The van der Waals surface area contributed by atoms with E-state index in [1.165, 1.54) is 17.0 Å². The van der Waals surface area contributed by atoms with E-state index in [4.69, 9.17) is 4.74 Å². The van der Waals surface area contributed by atoms with Gasteiger partial charge in [0.25, 0.3) is 0 Å². The predicted octanol–water partition coefficient (Wildman–Crippen LogP) is 2.11. The Kier molecular flexibility index (Phi) is 6.95. The van der Waals surface area contributed by atoms with Crippen LogP contribution >= 0.6 is 0 Å². The maximum Gasteiger partial charge on any atom is 0.318 e. The predicted molar refractivity (Wildman–Crippen MR) is 109 cm³/mol. The Hall–Kier alpha value is -2.35. The van der Waals surface area contributed by atoms with Crippen molar-refractivity contribution in [2.75, 3.05) is 38.7 Å². The van der Waals surface area contributed by atoms with Gasteiger partial charge in [-0.25, -0.2) is 9.18 Å². The molecule has 2 unspecified atom stereocenters. The highest BCUT2D eigenvalue weighted by Crippen LogP contribution is 2.27. The highest BCUT2D eigenvalue weighted by atomic mass is 19.1. The first kappa shape index (κ1) is 21.4. The van der Waals surface area contributed by atoms with E-state index < -0.39 is 6.04 Å². The average Bonchev–Trinajstić information content (AvgIpc) is 2.71. The third-order valence-corrected chi connectivity index (χ3v) is 5.94. The van der Waals surface area contributed by atoms with Crippen molar-refractivity contribution in [1.29, 1.82) is 0 Å². The Bertz CT molecular complexity index is 737. The van der Waals surface area contributed by atoms with E-state index in [2.05, 4.69) is 15.5 Å². The number of anilines is 1. The smallest absolute Gasteiger partial charge is 0.318 e. The monoisotopic (exact) mass is 406 g/mol. The first-order valence-electron chi connectivity index (χ1n) is 10.2. The molecule has 2 aliphatic heterocycles. The number of carbonyl (C=O) groups excluding carboxylic acids is 2. The number of carbonyl (C=O) groups is 2. The van der Waals surface area contributed by atoms with Crippen molar-refractivity contribution in [3.8, 4) is 0 Å². The highest BCUT2D eigenvalue weighted by molar-refractivity contribution is 5.87.